The summed E-state index contributed by atoms with van der Waals surface area (Å²) in [6.07, 6.45) is 3.18. The maximum absolute atomic E-state index is 13.8. The Labute approximate surface area is 207 Å². The third-order valence-electron chi connectivity index (χ3n) is 6.39. The molecule has 1 saturated heterocycles. The summed E-state index contributed by atoms with van der Waals surface area (Å²) < 4.78 is 29.3. The van der Waals surface area contributed by atoms with Gasteiger partial charge in [0.2, 0.25) is 5.91 Å². The van der Waals surface area contributed by atoms with Gasteiger partial charge in [0.05, 0.1) is 23.0 Å². The normalized spacial score (nSPS) is 18.0. The number of amides is 2. The Kier molecular flexibility index (Phi) is 6.75. The second kappa shape index (κ2) is 9.77. The Morgan fingerprint density at radius 1 is 1.28 bits per heavy atom. The van der Waals surface area contributed by atoms with Crippen molar-refractivity contribution in [3.8, 4) is 11.8 Å². The maximum Gasteiger partial charge on any atom is 0.255 e. The second-order valence-corrected chi connectivity index (χ2v) is 8.76. The number of hydrogen-bond acceptors (Lipinski definition) is 5. The first-order chi connectivity index (χ1) is 17.2. The van der Waals surface area contributed by atoms with Gasteiger partial charge in [-0.1, -0.05) is 12.5 Å². The number of carbonyl (C=O) groups excluding carboxylic acids is 2. The van der Waals surface area contributed by atoms with E-state index in [0.29, 0.717) is 29.7 Å². The van der Waals surface area contributed by atoms with Crippen LogP contribution in [0.5, 0.6) is 0 Å². The predicted octanol–water partition coefficient (Wildman–Crippen LogP) is 3.50. The van der Waals surface area contributed by atoms with Crippen LogP contribution in [-0.4, -0.2) is 43.8 Å². The highest BCUT2D eigenvalue weighted by Crippen LogP contribution is 2.36. The molecule has 3 atom stereocenters. The zero-order chi connectivity index (χ0) is 26.1. The van der Waals surface area contributed by atoms with Crippen molar-refractivity contribution < 1.29 is 18.4 Å². The molecule has 1 aliphatic rings. The molecule has 2 amide bonds. The fourth-order valence-electron chi connectivity index (χ4n) is 4.77. The van der Waals surface area contributed by atoms with E-state index < -0.39 is 23.6 Å². The lowest BCUT2D eigenvalue weighted by Crippen LogP contribution is -2.32. The van der Waals surface area contributed by atoms with E-state index in [0.717, 1.165) is 18.2 Å². The van der Waals surface area contributed by atoms with Gasteiger partial charge in [0, 0.05) is 18.7 Å². The number of halogens is 2. The molecule has 3 heterocycles. The van der Waals surface area contributed by atoms with Crippen molar-refractivity contribution in [3.63, 3.8) is 0 Å². The number of anilines is 1. The Hall–Kier alpha value is -4.26. The van der Waals surface area contributed by atoms with Gasteiger partial charge in [-0.3, -0.25) is 9.59 Å². The summed E-state index contributed by atoms with van der Waals surface area (Å²) in [5, 5.41) is 3.12. The molecule has 1 aliphatic heterocycles. The molecule has 10 heteroatoms. The topological polar surface area (TPSA) is 106 Å². The van der Waals surface area contributed by atoms with E-state index in [1.165, 1.54) is 12.4 Å². The standard InChI is InChI=1S/C26H26F2N6O2/c1-5-7-20-22(26(36)32-15(4)16-9-17(27)11-18(28)10-16)23-24(29)30-13-31-25(23)34(20)19-8-14(3)33(12-19)21(35)6-2/h6,9-11,13-15,19H,2,8,12H2,1,3-4H3,(H,32,36)(H2,29,30,31)/t14-,15+,19+/m0/s1. The van der Waals surface area contributed by atoms with E-state index in [9.17, 15) is 18.4 Å². The van der Waals surface area contributed by atoms with Crippen molar-refractivity contribution in [1.82, 2.24) is 24.8 Å². The van der Waals surface area contributed by atoms with Crippen LogP contribution in [-0.2, 0) is 4.79 Å². The van der Waals surface area contributed by atoms with Crippen LogP contribution >= 0.6 is 0 Å². The summed E-state index contributed by atoms with van der Waals surface area (Å²) in [5.41, 5.74) is 7.43. The van der Waals surface area contributed by atoms with Gasteiger partial charge in [0.25, 0.3) is 5.91 Å². The minimum absolute atomic E-state index is 0.0697. The number of aromatic nitrogens is 3. The number of fused-ring (bicyclic) bond motifs is 1. The van der Waals surface area contributed by atoms with Crippen molar-refractivity contribution in [2.45, 2.75) is 45.3 Å². The quantitative estimate of drug-likeness (QED) is 0.419. The summed E-state index contributed by atoms with van der Waals surface area (Å²) in [7, 11) is 0. The number of nitrogens with two attached hydrogens (primary N) is 1. The lowest BCUT2D eigenvalue weighted by Gasteiger charge is -2.19. The first kappa shape index (κ1) is 24.9. The molecular formula is C26H26F2N6O2. The molecule has 0 radical (unpaired) electrons. The summed E-state index contributed by atoms with van der Waals surface area (Å²) in [6, 6.07) is 2.06. The Bertz CT molecular complexity index is 1420. The fraction of sp³-hybridized carbons (Fsp3) is 0.308. The minimum atomic E-state index is -0.744. The molecule has 4 rings (SSSR count). The van der Waals surface area contributed by atoms with E-state index in [2.05, 4.69) is 33.7 Å². The van der Waals surface area contributed by atoms with Crippen LogP contribution in [0.1, 0.15) is 60.9 Å². The van der Waals surface area contributed by atoms with E-state index in [1.807, 2.05) is 11.5 Å². The molecule has 0 unspecified atom stereocenters. The number of rotatable bonds is 5. The van der Waals surface area contributed by atoms with Crippen LogP contribution in [0.3, 0.4) is 0 Å². The molecule has 3 aromatic rings. The van der Waals surface area contributed by atoms with Gasteiger partial charge in [-0.05, 0) is 56.9 Å². The van der Waals surface area contributed by atoms with Crippen LogP contribution in [0.15, 0.2) is 37.2 Å². The molecule has 0 spiro atoms. The number of nitrogens with one attached hydrogen (secondary N) is 1. The number of nitrogens with zero attached hydrogens (tertiary/aromatic N) is 4. The van der Waals surface area contributed by atoms with Crippen LogP contribution in [0, 0.1) is 23.5 Å². The van der Waals surface area contributed by atoms with Crippen molar-refractivity contribution in [3.05, 3.63) is 65.6 Å². The van der Waals surface area contributed by atoms with Crippen molar-refractivity contribution in [2.75, 3.05) is 12.3 Å². The van der Waals surface area contributed by atoms with Crippen molar-refractivity contribution >= 4 is 28.7 Å². The molecule has 8 nitrogen and oxygen atoms in total. The summed E-state index contributed by atoms with van der Waals surface area (Å²) in [5.74, 6) is 3.73. The summed E-state index contributed by atoms with van der Waals surface area (Å²) in [6.45, 7) is 9.15. The smallest absolute Gasteiger partial charge is 0.255 e. The van der Waals surface area contributed by atoms with E-state index in [1.54, 1.807) is 18.7 Å². The van der Waals surface area contributed by atoms with E-state index >= 15 is 0 Å². The average Bonchev–Trinajstić information content (AvgIpc) is 3.36. The highest BCUT2D eigenvalue weighted by atomic mass is 19.1. The molecule has 3 N–H and O–H groups in total. The second-order valence-electron chi connectivity index (χ2n) is 8.76. The molecule has 1 aromatic carbocycles. The third kappa shape index (κ3) is 4.40. The Balaban J connectivity index is 1.82. The SMILES string of the molecule is C=CC(=O)N1C[C@H](n2c(C#CC)c(C(=O)N[C@H](C)c3cc(F)cc(F)c3)c3c(N)ncnc32)C[C@@H]1C. The molecule has 186 valence electrons. The monoisotopic (exact) mass is 492 g/mol. The number of benzene rings is 1. The molecule has 1 fully saturated rings. The highest BCUT2D eigenvalue weighted by molar-refractivity contribution is 6.12. The molecular weight excluding hydrogens is 466 g/mol. The average molecular weight is 493 g/mol. The highest BCUT2D eigenvalue weighted by Gasteiger charge is 2.36. The molecule has 0 aliphatic carbocycles. The lowest BCUT2D eigenvalue weighted by molar-refractivity contribution is -0.126. The lowest BCUT2D eigenvalue weighted by atomic mass is 10.1. The maximum atomic E-state index is 13.8. The van der Waals surface area contributed by atoms with E-state index in [-0.39, 0.29) is 34.9 Å². The molecule has 36 heavy (non-hydrogen) atoms. The van der Waals surface area contributed by atoms with Gasteiger partial charge in [0.15, 0.2) is 0 Å². The first-order valence-corrected chi connectivity index (χ1v) is 11.4. The van der Waals surface area contributed by atoms with Crippen LogP contribution in [0.4, 0.5) is 14.6 Å². The van der Waals surface area contributed by atoms with Gasteiger partial charge in [-0.25, -0.2) is 18.7 Å². The van der Waals surface area contributed by atoms with Gasteiger partial charge in [-0.15, -0.1) is 0 Å². The fourth-order valence-corrected chi connectivity index (χ4v) is 4.77. The zero-order valence-corrected chi connectivity index (χ0v) is 20.2. The van der Waals surface area contributed by atoms with Gasteiger partial charge >= 0.3 is 0 Å². The van der Waals surface area contributed by atoms with Crippen LogP contribution in [0.25, 0.3) is 11.0 Å². The third-order valence-corrected chi connectivity index (χ3v) is 6.39. The van der Waals surface area contributed by atoms with Crippen LogP contribution < -0.4 is 11.1 Å². The van der Waals surface area contributed by atoms with Crippen LogP contribution in [0.2, 0.25) is 0 Å². The van der Waals surface area contributed by atoms with Gasteiger partial charge < -0.3 is 20.5 Å². The first-order valence-electron chi connectivity index (χ1n) is 11.4. The molecule has 0 bridgehead atoms. The number of likely N-dealkylation sites (tertiary alicyclic amines) is 1. The summed E-state index contributed by atoms with van der Waals surface area (Å²) in [4.78, 5) is 36.1. The predicted molar refractivity (Wildman–Crippen MR) is 132 cm³/mol. The van der Waals surface area contributed by atoms with Crippen molar-refractivity contribution in [1.29, 1.82) is 0 Å². The van der Waals surface area contributed by atoms with Crippen molar-refractivity contribution in [2.24, 2.45) is 0 Å². The van der Waals surface area contributed by atoms with Gasteiger partial charge in [-0.2, -0.15) is 0 Å². The Morgan fingerprint density at radius 2 is 1.97 bits per heavy atom. The number of carbonyl (C=O) groups is 2. The van der Waals surface area contributed by atoms with Gasteiger partial charge in [0.1, 0.15) is 35.1 Å². The summed E-state index contributed by atoms with van der Waals surface area (Å²) >= 11 is 0. The molecule has 0 saturated carbocycles. The Morgan fingerprint density at radius 3 is 2.61 bits per heavy atom. The zero-order valence-electron chi connectivity index (χ0n) is 20.2. The molecule has 2 aromatic heterocycles. The number of hydrogen-bond donors (Lipinski definition) is 2. The number of nitrogen functional groups attached to an aromatic ring is 1. The van der Waals surface area contributed by atoms with E-state index in [4.69, 9.17) is 5.73 Å². The largest absolute Gasteiger partial charge is 0.383 e. The minimum Gasteiger partial charge on any atom is -0.383 e.